The molecule has 0 atom stereocenters. The highest BCUT2D eigenvalue weighted by Gasteiger charge is 2.11. The van der Waals surface area contributed by atoms with Gasteiger partial charge in [-0.2, -0.15) is 0 Å². The zero-order chi connectivity index (χ0) is 17.6. The van der Waals surface area contributed by atoms with E-state index < -0.39 is 0 Å². The largest absolute Gasteiger partial charge is 0.326 e. The summed E-state index contributed by atoms with van der Waals surface area (Å²) in [6, 6.07) is 13.7. The molecule has 0 fully saturated rings. The van der Waals surface area contributed by atoms with Crippen LogP contribution in [0, 0.1) is 0 Å². The number of hydrogen-bond donors (Lipinski definition) is 2. The predicted octanol–water partition coefficient (Wildman–Crippen LogP) is 4.25. The molecular weight excluding hydrogens is 332 g/mol. The van der Waals surface area contributed by atoms with Crippen molar-refractivity contribution in [3.05, 3.63) is 53.6 Å². The Bertz CT molecular complexity index is 772. The van der Waals surface area contributed by atoms with Crippen LogP contribution in [0.5, 0.6) is 0 Å². The zero-order valence-electron chi connectivity index (χ0n) is 14.3. The Morgan fingerprint density at radius 1 is 0.920 bits per heavy atom. The van der Waals surface area contributed by atoms with Crippen LogP contribution in [0.4, 0.5) is 11.4 Å². The average Bonchev–Trinajstić information content (AvgIpc) is 3.09. The van der Waals surface area contributed by atoms with E-state index in [4.69, 9.17) is 0 Å². The van der Waals surface area contributed by atoms with Gasteiger partial charge in [-0.3, -0.25) is 9.59 Å². The molecule has 4 nitrogen and oxygen atoms in total. The van der Waals surface area contributed by atoms with Crippen LogP contribution in [0.15, 0.2) is 47.4 Å². The van der Waals surface area contributed by atoms with Crippen molar-refractivity contribution in [1.29, 1.82) is 0 Å². The number of benzene rings is 2. The molecule has 0 aromatic heterocycles. The Kier molecular flexibility index (Phi) is 5.76. The summed E-state index contributed by atoms with van der Waals surface area (Å²) in [4.78, 5) is 24.6. The molecule has 2 aromatic rings. The maximum absolute atomic E-state index is 12.1. The van der Waals surface area contributed by atoms with Gasteiger partial charge in [0.05, 0.1) is 5.75 Å². The van der Waals surface area contributed by atoms with Gasteiger partial charge in [-0.05, 0) is 66.8 Å². The standard InChI is InChI=1S/C20H22N2O2S/c1-2-19(23)21-16-7-9-17(10-8-16)22-20(24)13-25-18-11-6-14-4-3-5-15(14)12-18/h6-12H,2-5,13H2,1H3,(H,21,23)(H,22,24). The smallest absolute Gasteiger partial charge is 0.234 e. The molecule has 0 aliphatic heterocycles. The summed E-state index contributed by atoms with van der Waals surface area (Å²) >= 11 is 1.56. The van der Waals surface area contributed by atoms with Crippen LogP contribution in [0.2, 0.25) is 0 Å². The van der Waals surface area contributed by atoms with Gasteiger partial charge < -0.3 is 10.6 Å². The fourth-order valence-corrected chi connectivity index (χ4v) is 3.63. The third-order valence-corrected chi connectivity index (χ3v) is 5.21. The zero-order valence-corrected chi connectivity index (χ0v) is 15.1. The van der Waals surface area contributed by atoms with Gasteiger partial charge in [0.25, 0.3) is 0 Å². The van der Waals surface area contributed by atoms with Crippen molar-refractivity contribution in [2.75, 3.05) is 16.4 Å². The quantitative estimate of drug-likeness (QED) is 0.762. The van der Waals surface area contributed by atoms with E-state index in [1.54, 1.807) is 36.0 Å². The van der Waals surface area contributed by atoms with Crippen LogP contribution in [0.1, 0.15) is 30.9 Å². The number of amides is 2. The Hall–Kier alpha value is -2.27. The minimum absolute atomic E-state index is 0.0254. The van der Waals surface area contributed by atoms with Crippen molar-refractivity contribution in [3.8, 4) is 0 Å². The number of thioether (sulfide) groups is 1. The number of nitrogens with one attached hydrogen (secondary N) is 2. The lowest BCUT2D eigenvalue weighted by Crippen LogP contribution is -2.14. The second kappa shape index (κ2) is 8.21. The molecule has 2 aromatic carbocycles. The summed E-state index contributed by atoms with van der Waals surface area (Å²) in [6.45, 7) is 1.81. The molecule has 0 unspecified atom stereocenters. The summed E-state index contributed by atoms with van der Waals surface area (Å²) in [5.41, 5.74) is 4.34. The number of anilines is 2. The molecule has 0 saturated carbocycles. The van der Waals surface area contributed by atoms with Gasteiger partial charge >= 0.3 is 0 Å². The van der Waals surface area contributed by atoms with E-state index in [2.05, 4.69) is 28.8 Å². The third kappa shape index (κ3) is 4.86. The molecule has 0 heterocycles. The minimum atomic E-state index is -0.0316. The van der Waals surface area contributed by atoms with Crippen LogP contribution >= 0.6 is 11.8 Å². The SMILES string of the molecule is CCC(=O)Nc1ccc(NC(=O)CSc2ccc3c(c2)CCC3)cc1. The monoisotopic (exact) mass is 354 g/mol. The fraction of sp³-hybridized carbons (Fsp3) is 0.300. The lowest BCUT2D eigenvalue weighted by Gasteiger charge is -2.08. The van der Waals surface area contributed by atoms with E-state index in [0.29, 0.717) is 12.2 Å². The predicted molar refractivity (Wildman–Crippen MR) is 103 cm³/mol. The maximum atomic E-state index is 12.1. The molecule has 0 spiro atoms. The van der Waals surface area contributed by atoms with Gasteiger partial charge in [0.15, 0.2) is 0 Å². The molecule has 2 N–H and O–H groups in total. The topological polar surface area (TPSA) is 58.2 Å². The molecule has 0 radical (unpaired) electrons. The van der Waals surface area contributed by atoms with Gasteiger partial charge in [0, 0.05) is 22.7 Å². The van der Waals surface area contributed by atoms with Crippen molar-refractivity contribution in [3.63, 3.8) is 0 Å². The highest BCUT2D eigenvalue weighted by Crippen LogP contribution is 2.27. The molecule has 5 heteroatoms. The van der Waals surface area contributed by atoms with Crippen LogP contribution in [-0.2, 0) is 22.4 Å². The summed E-state index contributed by atoms with van der Waals surface area (Å²) in [5, 5.41) is 5.67. The van der Waals surface area contributed by atoms with Crippen molar-refractivity contribution in [2.45, 2.75) is 37.5 Å². The molecule has 0 saturated heterocycles. The summed E-state index contributed by atoms with van der Waals surface area (Å²) in [6.07, 6.45) is 4.00. The highest BCUT2D eigenvalue weighted by atomic mass is 32.2. The first-order chi connectivity index (χ1) is 12.1. The molecule has 130 valence electrons. The Labute approximate surface area is 152 Å². The average molecular weight is 354 g/mol. The second-order valence-corrected chi connectivity index (χ2v) is 7.15. The molecular formula is C20H22N2O2S. The third-order valence-electron chi connectivity index (χ3n) is 4.21. The molecule has 1 aliphatic rings. The Morgan fingerprint density at radius 2 is 1.56 bits per heavy atom. The minimum Gasteiger partial charge on any atom is -0.326 e. The fourth-order valence-electron chi connectivity index (χ4n) is 2.87. The normalized spacial score (nSPS) is 12.5. The molecule has 0 bridgehead atoms. The molecule has 2 amide bonds. The second-order valence-electron chi connectivity index (χ2n) is 6.10. The first-order valence-electron chi connectivity index (χ1n) is 8.58. The van der Waals surface area contributed by atoms with Gasteiger partial charge in [-0.25, -0.2) is 0 Å². The van der Waals surface area contributed by atoms with Crippen LogP contribution in [-0.4, -0.2) is 17.6 Å². The molecule has 1 aliphatic carbocycles. The summed E-state index contributed by atoms with van der Waals surface area (Å²) < 4.78 is 0. The number of rotatable bonds is 6. The van der Waals surface area contributed by atoms with Crippen LogP contribution in [0.25, 0.3) is 0 Å². The van der Waals surface area contributed by atoms with Gasteiger partial charge in [0.2, 0.25) is 11.8 Å². The van der Waals surface area contributed by atoms with Gasteiger partial charge in [-0.1, -0.05) is 13.0 Å². The first kappa shape index (κ1) is 17.5. The van der Waals surface area contributed by atoms with Crippen LogP contribution < -0.4 is 10.6 Å². The number of fused-ring (bicyclic) bond motifs is 1. The maximum Gasteiger partial charge on any atom is 0.234 e. The molecule has 25 heavy (non-hydrogen) atoms. The molecule has 3 rings (SSSR count). The Balaban J connectivity index is 1.50. The van der Waals surface area contributed by atoms with E-state index in [-0.39, 0.29) is 11.8 Å². The van der Waals surface area contributed by atoms with Crippen molar-refractivity contribution >= 4 is 35.0 Å². The first-order valence-corrected chi connectivity index (χ1v) is 9.57. The van der Waals surface area contributed by atoms with Crippen molar-refractivity contribution in [1.82, 2.24) is 0 Å². The Morgan fingerprint density at radius 3 is 2.24 bits per heavy atom. The number of carbonyl (C=O) groups excluding carboxylic acids is 2. The van der Waals surface area contributed by atoms with Crippen molar-refractivity contribution < 1.29 is 9.59 Å². The van der Waals surface area contributed by atoms with Gasteiger partial charge in [-0.15, -0.1) is 11.8 Å². The highest BCUT2D eigenvalue weighted by molar-refractivity contribution is 8.00. The van der Waals surface area contributed by atoms with E-state index in [1.807, 2.05) is 6.92 Å². The number of hydrogen-bond acceptors (Lipinski definition) is 3. The van der Waals surface area contributed by atoms with E-state index >= 15 is 0 Å². The summed E-state index contributed by atoms with van der Waals surface area (Å²) in [7, 11) is 0. The lowest BCUT2D eigenvalue weighted by molar-refractivity contribution is -0.116. The van der Waals surface area contributed by atoms with E-state index in [0.717, 1.165) is 22.7 Å². The number of aryl methyl sites for hydroxylation is 2. The summed E-state index contributed by atoms with van der Waals surface area (Å²) in [5.74, 6) is 0.325. The number of carbonyl (C=O) groups is 2. The van der Waals surface area contributed by atoms with Gasteiger partial charge in [0.1, 0.15) is 0 Å². The lowest BCUT2D eigenvalue weighted by atomic mass is 10.1. The van der Waals surface area contributed by atoms with E-state index in [1.165, 1.54) is 24.0 Å². The van der Waals surface area contributed by atoms with E-state index in [9.17, 15) is 9.59 Å². The van der Waals surface area contributed by atoms with Crippen molar-refractivity contribution in [2.24, 2.45) is 0 Å². The van der Waals surface area contributed by atoms with Crippen LogP contribution in [0.3, 0.4) is 0 Å².